The molecular formula is C20H24NO3+. The van der Waals surface area contributed by atoms with Crippen LogP contribution in [0.3, 0.4) is 0 Å². The first kappa shape index (κ1) is 16.5. The van der Waals surface area contributed by atoms with Crippen molar-refractivity contribution in [2.24, 2.45) is 5.92 Å². The molecule has 0 unspecified atom stereocenters. The molecule has 2 aromatic rings. The summed E-state index contributed by atoms with van der Waals surface area (Å²) in [4.78, 5) is 12.5. The van der Waals surface area contributed by atoms with Gasteiger partial charge in [-0.25, -0.2) is 0 Å². The predicted octanol–water partition coefficient (Wildman–Crippen LogP) is 2.66. The van der Waals surface area contributed by atoms with Crippen LogP contribution in [0, 0.1) is 5.92 Å². The third kappa shape index (κ3) is 3.29. The Kier molecular flexibility index (Phi) is 4.86. The van der Waals surface area contributed by atoms with E-state index in [-0.39, 0.29) is 18.0 Å². The predicted molar refractivity (Wildman–Crippen MR) is 92.2 cm³/mol. The minimum Gasteiger partial charge on any atom is -0.497 e. The van der Waals surface area contributed by atoms with Crippen molar-refractivity contribution >= 4 is 5.78 Å². The van der Waals surface area contributed by atoms with Gasteiger partial charge in [0, 0.05) is 11.1 Å². The molecule has 1 saturated heterocycles. The van der Waals surface area contributed by atoms with Gasteiger partial charge in [0.05, 0.1) is 26.6 Å². The van der Waals surface area contributed by atoms with Crippen LogP contribution in [-0.4, -0.2) is 20.0 Å². The minimum atomic E-state index is 0.00731. The number of hydrogen-bond donors (Lipinski definition) is 1. The molecule has 1 fully saturated rings. The quantitative estimate of drug-likeness (QED) is 0.940. The molecule has 0 aromatic heterocycles. The van der Waals surface area contributed by atoms with E-state index >= 15 is 0 Å². The SMILES string of the molecule is COc1ccc([C@@H]2CC(=O)[C@H](C)[C@H](c3ccc(OC)cc3)[NH2+]2)cc1. The second kappa shape index (κ2) is 7.05. The first-order chi connectivity index (χ1) is 11.6. The van der Waals surface area contributed by atoms with E-state index in [1.807, 2.05) is 43.3 Å². The van der Waals surface area contributed by atoms with Crippen LogP contribution in [0.15, 0.2) is 48.5 Å². The molecule has 3 atom stereocenters. The Labute approximate surface area is 142 Å². The smallest absolute Gasteiger partial charge is 0.148 e. The Morgan fingerprint density at radius 3 is 1.88 bits per heavy atom. The molecular weight excluding hydrogens is 302 g/mol. The number of ether oxygens (including phenoxy) is 2. The van der Waals surface area contributed by atoms with E-state index in [0.717, 1.165) is 22.6 Å². The number of ketones is 1. The van der Waals surface area contributed by atoms with E-state index in [2.05, 4.69) is 17.4 Å². The summed E-state index contributed by atoms with van der Waals surface area (Å²) in [6.45, 7) is 2.03. The lowest BCUT2D eigenvalue weighted by Crippen LogP contribution is -2.90. The van der Waals surface area contributed by atoms with Crippen LogP contribution in [0.1, 0.15) is 36.6 Å². The normalized spacial score (nSPS) is 23.8. The summed E-state index contributed by atoms with van der Waals surface area (Å²) in [5, 5.41) is 2.32. The lowest BCUT2D eigenvalue weighted by atomic mass is 9.82. The van der Waals surface area contributed by atoms with Gasteiger partial charge in [0.15, 0.2) is 0 Å². The molecule has 2 aromatic carbocycles. The molecule has 0 saturated carbocycles. The molecule has 24 heavy (non-hydrogen) atoms. The van der Waals surface area contributed by atoms with Crippen molar-refractivity contribution in [2.45, 2.75) is 25.4 Å². The number of quaternary nitrogens is 1. The van der Waals surface area contributed by atoms with E-state index in [1.165, 1.54) is 0 Å². The van der Waals surface area contributed by atoms with Crippen molar-refractivity contribution in [1.82, 2.24) is 0 Å². The highest BCUT2D eigenvalue weighted by atomic mass is 16.5. The van der Waals surface area contributed by atoms with Gasteiger partial charge in [-0.2, -0.15) is 0 Å². The average Bonchev–Trinajstić information content (AvgIpc) is 2.64. The summed E-state index contributed by atoms with van der Waals surface area (Å²) in [6.07, 6.45) is 0.570. The molecule has 126 valence electrons. The highest BCUT2D eigenvalue weighted by Gasteiger charge is 2.38. The van der Waals surface area contributed by atoms with Crippen molar-refractivity contribution in [3.05, 3.63) is 59.7 Å². The maximum Gasteiger partial charge on any atom is 0.148 e. The monoisotopic (exact) mass is 326 g/mol. The number of nitrogens with two attached hydrogens (primary N) is 1. The van der Waals surface area contributed by atoms with Crippen LogP contribution in [0.5, 0.6) is 11.5 Å². The topological polar surface area (TPSA) is 52.1 Å². The van der Waals surface area contributed by atoms with Gasteiger partial charge in [0.2, 0.25) is 0 Å². The first-order valence-electron chi connectivity index (χ1n) is 8.28. The van der Waals surface area contributed by atoms with Crippen LogP contribution < -0.4 is 14.8 Å². The summed E-state index contributed by atoms with van der Waals surface area (Å²) in [7, 11) is 3.32. The number of methoxy groups -OCH3 is 2. The van der Waals surface area contributed by atoms with Crippen LogP contribution >= 0.6 is 0 Å². The molecule has 0 aliphatic carbocycles. The fraction of sp³-hybridized carbons (Fsp3) is 0.350. The summed E-state index contributed by atoms with van der Waals surface area (Å²) >= 11 is 0. The van der Waals surface area contributed by atoms with E-state index in [1.54, 1.807) is 14.2 Å². The Morgan fingerprint density at radius 2 is 1.38 bits per heavy atom. The van der Waals surface area contributed by atoms with Gasteiger partial charge >= 0.3 is 0 Å². The van der Waals surface area contributed by atoms with Gasteiger partial charge in [-0.15, -0.1) is 0 Å². The highest BCUT2D eigenvalue weighted by molar-refractivity contribution is 5.82. The standard InChI is InChI=1S/C20H23NO3/c1-13-19(22)12-18(14-4-8-16(23-2)9-5-14)21-20(13)15-6-10-17(24-3)11-7-15/h4-11,13,18,20-21H,12H2,1-3H3/p+1/t13-,18-,20+/m0/s1. The molecule has 0 bridgehead atoms. The Bertz CT molecular complexity index is 694. The number of carbonyl (C=O) groups is 1. The molecule has 2 N–H and O–H groups in total. The summed E-state index contributed by atoms with van der Waals surface area (Å²) < 4.78 is 10.4. The average molecular weight is 326 g/mol. The van der Waals surface area contributed by atoms with Crippen LogP contribution in [0.25, 0.3) is 0 Å². The Hall–Kier alpha value is -2.33. The van der Waals surface area contributed by atoms with E-state index < -0.39 is 0 Å². The summed E-state index contributed by atoms with van der Waals surface area (Å²) in [5.74, 6) is 1.99. The molecule has 0 spiro atoms. The van der Waals surface area contributed by atoms with Crippen molar-refractivity contribution in [3.8, 4) is 11.5 Å². The van der Waals surface area contributed by atoms with Gasteiger partial charge in [0.25, 0.3) is 0 Å². The number of Topliss-reactive ketones (excluding diaryl/α,β-unsaturated/α-hetero) is 1. The van der Waals surface area contributed by atoms with Gasteiger partial charge < -0.3 is 14.8 Å². The number of benzene rings is 2. The first-order valence-corrected chi connectivity index (χ1v) is 8.28. The largest absolute Gasteiger partial charge is 0.497 e. The van der Waals surface area contributed by atoms with Crippen molar-refractivity contribution in [1.29, 1.82) is 0 Å². The number of carbonyl (C=O) groups excluding carboxylic acids is 1. The Morgan fingerprint density at radius 1 is 0.875 bits per heavy atom. The highest BCUT2D eigenvalue weighted by Crippen LogP contribution is 2.30. The second-order valence-corrected chi connectivity index (χ2v) is 6.33. The van der Waals surface area contributed by atoms with Gasteiger partial charge in [0.1, 0.15) is 29.4 Å². The second-order valence-electron chi connectivity index (χ2n) is 6.33. The van der Waals surface area contributed by atoms with E-state index in [4.69, 9.17) is 9.47 Å². The van der Waals surface area contributed by atoms with Crippen LogP contribution in [0.4, 0.5) is 0 Å². The maximum atomic E-state index is 12.5. The molecule has 3 rings (SSSR count). The van der Waals surface area contributed by atoms with Crippen molar-refractivity contribution in [3.63, 3.8) is 0 Å². The van der Waals surface area contributed by atoms with Gasteiger partial charge in [-0.05, 0) is 55.5 Å². The zero-order valence-electron chi connectivity index (χ0n) is 14.4. The molecule has 1 aliphatic rings. The molecule has 1 aliphatic heterocycles. The lowest BCUT2D eigenvalue weighted by Gasteiger charge is -2.32. The molecule has 0 amide bonds. The minimum absolute atomic E-state index is 0.00731. The van der Waals surface area contributed by atoms with Crippen LogP contribution in [0.2, 0.25) is 0 Å². The summed E-state index contributed by atoms with van der Waals surface area (Å²) in [5.41, 5.74) is 2.32. The molecule has 0 radical (unpaired) electrons. The number of rotatable bonds is 4. The fourth-order valence-electron chi connectivity index (χ4n) is 3.39. The molecule has 4 nitrogen and oxygen atoms in total. The molecule has 1 heterocycles. The zero-order valence-corrected chi connectivity index (χ0v) is 14.4. The maximum absolute atomic E-state index is 12.5. The van der Waals surface area contributed by atoms with Gasteiger partial charge in [-0.1, -0.05) is 0 Å². The van der Waals surface area contributed by atoms with E-state index in [0.29, 0.717) is 12.2 Å². The number of piperidine rings is 1. The third-order valence-corrected chi connectivity index (χ3v) is 4.95. The number of hydrogen-bond acceptors (Lipinski definition) is 3. The van der Waals surface area contributed by atoms with Gasteiger partial charge in [-0.3, -0.25) is 4.79 Å². The van der Waals surface area contributed by atoms with E-state index in [9.17, 15) is 4.79 Å². The van der Waals surface area contributed by atoms with Crippen molar-refractivity contribution < 1.29 is 19.6 Å². The third-order valence-electron chi connectivity index (χ3n) is 4.95. The van der Waals surface area contributed by atoms with Crippen LogP contribution in [-0.2, 0) is 4.79 Å². The summed E-state index contributed by atoms with van der Waals surface area (Å²) in [6, 6.07) is 16.3. The Balaban J connectivity index is 1.84. The van der Waals surface area contributed by atoms with Crippen molar-refractivity contribution in [2.75, 3.05) is 14.2 Å². The zero-order chi connectivity index (χ0) is 17.1. The molecule has 4 heteroatoms. The fourth-order valence-corrected chi connectivity index (χ4v) is 3.39. The lowest BCUT2D eigenvalue weighted by molar-refractivity contribution is -0.742.